The second-order valence-corrected chi connectivity index (χ2v) is 7.56. The monoisotopic (exact) mass is 331 g/mol. The van der Waals surface area contributed by atoms with Crippen molar-refractivity contribution in [2.45, 2.75) is 58.5 Å². The molecule has 5 nitrogen and oxygen atoms in total. The average molecular weight is 331 g/mol. The summed E-state index contributed by atoms with van der Waals surface area (Å²) in [6.07, 6.45) is 7.15. The maximum absolute atomic E-state index is 11.6. The first-order chi connectivity index (χ1) is 11.5. The van der Waals surface area contributed by atoms with E-state index in [1.165, 1.54) is 12.8 Å². The van der Waals surface area contributed by atoms with E-state index in [0.717, 1.165) is 55.4 Å². The smallest absolute Gasteiger partial charge is 0.356 e. The van der Waals surface area contributed by atoms with Crippen LogP contribution in [-0.4, -0.2) is 44.9 Å². The van der Waals surface area contributed by atoms with Crippen LogP contribution in [0.3, 0.4) is 0 Å². The standard InChI is InChI=1S/C19H29N3O2/c1-4-9-22-17-6-5-15(12-16(17)18(20-22)19(23)24)21-10-7-14(8-11-21)13(2)3/h4,13-15H,1,5-12H2,2-3H3,(H,23,24)/t15-/m0/s1. The highest BCUT2D eigenvalue weighted by Crippen LogP contribution is 2.31. The second-order valence-electron chi connectivity index (χ2n) is 7.56. The summed E-state index contributed by atoms with van der Waals surface area (Å²) in [5, 5.41) is 13.8. The number of likely N-dealkylation sites (tertiary alicyclic amines) is 1. The van der Waals surface area contributed by atoms with Crippen molar-refractivity contribution in [3.63, 3.8) is 0 Å². The van der Waals surface area contributed by atoms with Gasteiger partial charge in [-0.15, -0.1) is 6.58 Å². The molecule has 1 aliphatic heterocycles. The third kappa shape index (κ3) is 3.27. The molecular formula is C19H29N3O2. The van der Waals surface area contributed by atoms with E-state index < -0.39 is 5.97 Å². The summed E-state index contributed by atoms with van der Waals surface area (Å²) in [5.74, 6) is 0.694. The van der Waals surface area contributed by atoms with Crippen LogP contribution in [-0.2, 0) is 19.4 Å². The molecule has 24 heavy (non-hydrogen) atoms. The number of nitrogens with zero attached hydrogens (tertiary/aromatic N) is 3. The van der Waals surface area contributed by atoms with Gasteiger partial charge < -0.3 is 10.0 Å². The summed E-state index contributed by atoms with van der Waals surface area (Å²) in [7, 11) is 0. The second kappa shape index (κ2) is 7.09. The van der Waals surface area contributed by atoms with Gasteiger partial charge in [-0.05, 0) is 57.0 Å². The molecule has 1 atom stereocenters. The Morgan fingerprint density at radius 2 is 2.08 bits per heavy atom. The van der Waals surface area contributed by atoms with Crippen LogP contribution in [0.5, 0.6) is 0 Å². The van der Waals surface area contributed by atoms with Crippen LogP contribution in [0.15, 0.2) is 12.7 Å². The quantitative estimate of drug-likeness (QED) is 0.843. The van der Waals surface area contributed by atoms with Crippen molar-refractivity contribution in [1.29, 1.82) is 0 Å². The summed E-state index contributed by atoms with van der Waals surface area (Å²) in [5.41, 5.74) is 2.29. The molecule has 0 amide bonds. The van der Waals surface area contributed by atoms with Crippen molar-refractivity contribution in [1.82, 2.24) is 14.7 Å². The first kappa shape index (κ1) is 17.2. The van der Waals surface area contributed by atoms with Gasteiger partial charge in [0.25, 0.3) is 0 Å². The normalized spacial score (nSPS) is 22.5. The average Bonchev–Trinajstić information content (AvgIpc) is 2.93. The van der Waals surface area contributed by atoms with Gasteiger partial charge in [0.1, 0.15) is 0 Å². The van der Waals surface area contributed by atoms with Crippen LogP contribution in [0.2, 0.25) is 0 Å². The number of aromatic carboxylic acids is 1. The van der Waals surface area contributed by atoms with Gasteiger partial charge in [0.15, 0.2) is 5.69 Å². The fourth-order valence-corrected chi connectivity index (χ4v) is 4.38. The number of hydrogen-bond donors (Lipinski definition) is 1. The zero-order valence-electron chi connectivity index (χ0n) is 14.9. The molecule has 0 unspecified atom stereocenters. The Hall–Kier alpha value is -1.62. The Balaban J connectivity index is 1.74. The largest absolute Gasteiger partial charge is 0.476 e. The number of fused-ring (bicyclic) bond motifs is 1. The maximum Gasteiger partial charge on any atom is 0.356 e. The molecule has 1 aromatic heterocycles. The fourth-order valence-electron chi connectivity index (χ4n) is 4.38. The third-order valence-corrected chi connectivity index (χ3v) is 5.86. The lowest BCUT2D eigenvalue weighted by Gasteiger charge is -2.40. The minimum atomic E-state index is -0.909. The highest BCUT2D eigenvalue weighted by atomic mass is 16.4. The third-order valence-electron chi connectivity index (χ3n) is 5.86. The van der Waals surface area contributed by atoms with E-state index in [4.69, 9.17) is 0 Å². The molecule has 5 heteroatoms. The van der Waals surface area contributed by atoms with Gasteiger partial charge in [0.2, 0.25) is 0 Å². The predicted molar refractivity (Wildman–Crippen MR) is 94.3 cm³/mol. The summed E-state index contributed by atoms with van der Waals surface area (Å²) in [6.45, 7) is 11.3. The van der Waals surface area contributed by atoms with Crippen molar-refractivity contribution < 1.29 is 9.90 Å². The van der Waals surface area contributed by atoms with Gasteiger partial charge in [-0.25, -0.2) is 4.79 Å². The minimum absolute atomic E-state index is 0.244. The summed E-state index contributed by atoms with van der Waals surface area (Å²) < 4.78 is 1.83. The predicted octanol–water partition coefficient (Wildman–Crippen LogP) is 2.99. The summed E-state index contributed by atoms with van der Waals surface area (Å²) in [6, 6.07) is 0.463. The lowest BCUT2D eigenvalue weighted by atomic mass is 9.84. The number of carbonyl (C=O) groups is 1. The minimum Gasteiger partial charge on any atom is -0.476 e. The Morgan fingerprint density at radius 1 is 1.38 bits per heavy atom. The SMILES string of the molecule is C=CCn1nc(C(=O)O)c2c1CC[C@H](N1CCC(C(C)C)CC1)C2. The number of carboxylic acid groups (broad SMARTS) is 1. The molecule has 132 valence electrons. The molecule has 0 spiro atoms. The molecule has 1 aromatic rings. The van der Waals surface area contributed by atoms with E-state index in [1.54, 1.807) is 6.08 Å². The first-order valence-electron chi connectivity index (χ1n) is 9.18. The Morgan fingerprint density at radius 3 is 2.67 bits per heavy atom. The molecule has 0 bridgehead atoms. The number of aromatic nitrogens is 2. The van der Waals surface area contributed by atoms with E-state index in [2.05, 4.69) is 30.4 Å². The Bertz CT molecular complexity index is 612. The van der Waals surface area contributed by atoms with Crippen LogP contribution >= 0.6 is 0 Å². The van der Waals surface area contributed by atoms with Gasteiger partial charge >= 0.3 is 5.97 Å². The number of hydrogen-bond acceptors (Lipinski definition) is 3. The Kier molecular flexibility index (Phi) is 5.09. The van der Waals surface area contributed by atoms with Crippen LogP contribution in [0, 0.1) is 11.8 Å². The highest BCUT2D eigenvalue weighted by Gasteiger charge is 2.33. The number of rotatable bonds is 5. The van der Waals surface area contributed by atoms with E-state index in [1.807, 2.05) is 4.68 Å². The van der Waals surface area contributed by atoms with Gasteiger partial charge in [-0.3, -0.25) is 4.68 Å². The van der Waals surface area contributed by atoms with E-state index in [0.29, 0.717) is 12.6 Å². The van der Waals surface area contributed by atoms with Crippen LogP contribution < -0.4 is 0 Å². The Labute approximate surface area is 144 Å². The van der Waals surface area contributed by atoms with Gasteiger partial charge in [0.05, 0.1) is 6.54 Å². The lowest BCUT2D eigenvalue weighted by molar-refractivity contribution is 0.0686. The molecule has 1 aliphatic carbocycles. The molecule has 1 saturated heterocycles. The van der Waals surface area contributed by atoms with Crippen LogP contribution in [0.25, 0.3) is 0 Å². The zero-order chi connectivity index (χ0) is 17.3. The highest BCUT2D eigenvalue weighted by molar-refractivity contribution is 5.87. The van der Waals surface area contributed by atoms with E-state index >= 15 is 0 Å². The molecule has 0 saturated carbocycles. The van der Waals surface area contributed by atoms with Crippen molar-refractivity contribution in [2.24, 2.45) is 11.8 Å². The number of allylic oxidation sites excluding steroid dienone is 1. The molecule has 2 heterocycles. The van der Waals surface area contributed by atoms with Gasteiger partial charge in [0, 0.05) is 17.3 Å². The maximum atomic E-state index is 11.6. The van der Waals surface area contributed by atoms with Gasteiger partial charge in [-0.1, -0.05) is 19.9 Å². The van der Waals surface area contributed by atoms with E-state index in [9.17, 15) is 9.90 Å². The van der Waals surface area contributed by atoms with Crippen LogP contribution in [0.1, 0.15) is 54.9 Å². The molecule has 1 N–H and O–H groups in total. The number of piperidine rings is 1. The number of carboxylic acids is 1. The molecule has 1 fully saturated rings. The molecule has 0 radical (unpaired) electrons. The molecular weight excluding hydrogens is 302 g/mol. The lowest BCUT2D eigenvalue weighted by Crippen LogP contribution is -2.45. The summed E-state index contributed by atoms with van der Waals surface area (Å²) >= 11 is 0. The fraction of sp³-hybridized carbons (Fsp3) is 0.684. The van der Waals surface area contributed by atoms with Gasteiger partial charge in [-0.2, -0.15) is 5.10 Å². The topological polar surface area (TPSA) is 58.4 Å². The molecule has 2 aliphatic rings. The van der Waals surface area contributed by atoms with Crippen molar-refractivity contribution in [3.8, 4) is 0 Å². The molecule has 0 aromatic carbocycles. The van der Waals surface area contributed by atoms with Crippen molar-refractivity contribution in [2.75, 3.05) is 13.1 Å². The molecule has 3 rings (SSSR count). The summed E-state index contributed by atoms with van der Waals surface area (Å²) in [4.78, 5) is 14.2. The zero-order valence-corrected chi connectivity index (χ0v) is 14.9. The van der Waals surface area contributed by atoms with E-state index in [-0.39, 0.29) is 5.69 Å². The van der Waals surface area contributed by atoms with Crippen molar-refractivity contribution >= 4 is 5.97 Å². The van der Waals surface area contributed by atoms with Crippen LogP contribution in [0.4, 0.5) is 0 Å². The first-order valence-corrected chi connectivity index (χ1v) is 9.18. The van der Waals surface area contributed by atoms with Crippen molar-refractivity contribution in [3.05, 3.63) is 29.6 Å².